The molecule has 1 aliphatic heterocycles. The van der Waals surface area contributed by atoms with Crippen molar-refractivity contribution in [3.8, 4) is 17.3 Å². The summed E-state index contributed by atoms with van der Waals surface area (Å²) in [6.45, 7) is 2.11. The van der Waals surface area contributed by atoms with E-state index in [4.69, 9.17) is 10.4 Å². The van der Waals surface area contributed by atoms with Crippen LogP contribution >= 0.6 is 0 Å². The first-order valence-electron chi connectivity index (χ1n) is 8.69. The van der Waals surface area contributed by atoms with E-state index in [2.05, 4.69) is 11.4 Å². The molecule has 7 nitrogen and oxygen atoms in total. The van der Waals surface area contributed by atoms with E-state index in [-0.39, 0.29) is 5.69 Å². The Labute approximate surface area is 156 Å². The SMILES string of the molecule is N#Cc1cccc(Cn2nc(-c3cccc([N+](=O)[O-])c3)c3c2CCNC3)c1. The lowest BCUT2D eigenvalue weighted by atomic mass is 10.0. The third-order valence-corrected chi connectivity index (χ3v) is 4.73. The first kappa shape index (κ1) is 16.9. The molecule has 4 rings (SSSR count). The molecule has 1 N–H and O–H groups in total. The molecule has 27 heavy (non-hydrogen) atoms. The minimum Gasteiger partial charge on any atom is -0.312 e. The van der Waals surface area contributed by atoms with Gasteiger partial charge in [0.1, 0.15) is 0 Å². The fourth-order valence-electron chi connectivity index (χ4n) is 3.46. The highest BCUT2D eigenvalue weighted by atomic mass is 16.6. The monoisotopic (exact) mass is 359 g/mol. The van der Waals surface area contributed by atoms with Gasteiger partial charge in [0.25, 0.3) is 5.69 Å². The van der Waals surface area contributed by atoms with Crippen molar-refractivity contribution in [2.24, 2.45) is 0 Å². The van der Waals surface area contributed by atoms with Crippen molar-refractivity contribution < 1.29 is 4.92 Å². The van der Waals surface area contributed by atoms with Gasteiger partial charge >= 0.3 is 0 Å². The molecule has 0 unspecified atom stereocenters. The Morgan fingerprint density at radius 3 is 2.93 bits per heavy atom. The zero-order chi connectivity index (χ0) is 18.8. The molecular formula is C20H17N5O2. The number of nitrogens with zero attached hydrogens (tertiary/aromatic N) is 4. The Kier molecular flexibility index (Phi) is 4.40. The third-order valence-electron chi connectivity index (χ3n) is 4.73. The maximum Gasteiger partial charge on any atom is 0.270 e. The fourth-order valence-corrected chi connectivity index (χ4v) is 3.46. The zero-order valence-corrected chi connectivity index (χ0v) is 14.6. The molecule has 0 spiro atoms. The minimum absolute atomic E-state index is 0.0567. The largest absolute Gasteiger partial charge is 0.312 e. The Hall–Kier alpha value is -3.50. The van der Waals surface area contributed by atoms with Crippen molar-refractivity contribution in [3.63, 3.8) is 0 Å². The van der Waals surface area contributed by atoms with Crippen LogP contribution in [-0.4, -0.2) is 21.2 Å². The number of fused-ring (bicyclic) bond motifs is 1. The average Bonchev–Trinajstić information content (AvgIpc) is 3.07. The predicted octanol–water partition coefficient (Wildman–Crippen LogP) is 3.02. The number of nitrogens with one attached hydrogen (secondary N) is 1. The lowest BCUT2D eigenvalue weighted by Gasteiger charge is -2.16. The normalized spacial score (nSPS) is 13.0. The van der Waals surface area contributed by atoms with Crippen LogP contribution < -0.4 is 5.32 Å². The van der Waals surface area contributed by atoms with Crippen LogP contribution in [0.3, 0.4) is 0 Å². The van der Waals surface area contributed by atoms with E-state index in [0.717, 1.165) is 41.0 Å². The first-order chi connectivity index (χ1) is 13.2. The summed E-state index contributed by atoms with van der Waals surface area (Å²) >= 11 is 0. The van der Waals surface area contributed by atoms with Gasteiger partial charge < -0.3 is 5.32 Å². The molecule has 7 heteroatoms. The van der Waals surface area contributed by atoms with Crippen LogP contribution in [0.1, 0.15) is 22.4 Å². The lowest BCUT2D eigenvalue weighted by Crippen LogP contribution is -2.25. The summed E-state index contributed by atoms with van der Waals surface area (Å²) in [5.41, 5.74) is 5.42. The van der Waals surface area contributed by atoms with Crippen molar-refractivity contribution in [3.05, 3.63) is 81.0 Å². The Morgan fingerprint density at radius 1 is 1.26 bits per heavy atom. The summed E-state index contributed by atoms with van der Waals surface area (Å²) in [5, 5.41) is 28.4. The van der Waals surface area contributed by atoms with Gasteiger partial charge in [-0.15, -0.1) is 0 Å². The zero-order valence-electron chi connectivity index (χ0n) is 14.6. The highest BCUT2D eigenvalue weighted by molar-refractivity contribution is 5.67. The number of nitro groups is 1. The second-order valence-electron chi connectivity index (χ2n) is 6.48. The molecule has 2 aromatic carbocycles. The van der Waals surface area contributed by atoms with Crippen LogP contribution in [0.5, 0.6) is 0 Å². The molecule has 2 heterocycles. The molecule has 0 bridgehead atoms. The molecule has 0 radical (unpaired) electrons. The van der Waals surface area contributed by atoms with E-state index >= 15 is 0 Å². The van der Waals surface area contributed by atoms with Gasteiger partial charge in [-0.3, -0.25) is 14.8 Å². The fraction of sp³-hybridized carbons (Fsp3) is 0.200. The van der Waals surface area contributed by atoms with Crippen LogP contribution in [-0.2, 0) is 19.5 Å². The second-order valence-corrected chi connectivity index (χ2v) is 6.48. The highest BCUT2D eigenvalue weighted by Crippen LogP contribution is 2.30. The van der Waals surface area contributed by atoms with Crippen LogP contribution in [0, 0.1) is 21.4 Å². The summed E-state index contributed by atoms with van der Waals surface area (Å²) in [4.78, 5) is 10.7. The molecule has 0 atom stereocenters. The molecule has 0 saturated carbocycles. The number of hydrogen-bond acceptors (Lipinski definition) is 5. The highest BCUT2D eigenvalue weighted by Gasteiger charge is 2.22. The van der Waals surface area contributed by atoms with E-state index in [0.29, 0.717) is 18.7 Å². The molecule has 0 amide bonds. The predicted molar refractivity (Wildman–Crippen MR) is 100.0 cm³/mol. The number of nitro benzene ring substituents is 1. The summed E-state index contributed by atoms with van der Waals surface area (Å²) in [6.07, 6.45) is 0.842. The summed E-state index contributed by atoms with van der Waals surface area (Å²) in [5.74, 6) is 0. The summed E-state index contributed by atoms with van der Waals surface area (Å²) in [7, 11) is 0. The third kappa shape index (κ3) is 3.30. The van der Waals surface area contributed by atoms with Crippen LogP contribution in [0.2, 0.25) is 0 Å². The van der Waals surface area contributed by atoms with Gasteiger partial charge in [-0.1, -0.05) is 24.3 Å². The minimum atomic E-state index is -0.390. The lowest BCUT2D eigenvalue weighted by molar-refractivity contribution is -0.384. The maximum atomic E-state index is 11.1. The smallest absolute Gasteiger partial charge is 0.270 e. The average molecular weight is 359 g/mol. The molecule has 1 aliphatic rings. The standard InChI is InChI=1S/C20H17N5O2/c21-11-14-3-1-4-15(9-14)13-24-19-7-8-22-12-18(19)20(23-24)16-5-2-6-17(10-16)25(26)27/h1-6,9-10,22H,7-8,12-13H2. The quantitative estimate of drug-likeness (QED) is 0.570. The molecule has 1 aromatic heterocycles. The Bertz CT molecular complexity index is 1060. The number of non-ortho nitro benzene ring substituents is 1. The van der Waals surface area contributed by atoms with Crippen LogP contribution in [0.4, 0.5) is 5.69 Å². The number of hydrogen-bond donors (Lipinski definition) is 1. The van der Waals surface area contributed by atoms with Crippen LogP contribution in [0.15, 0.2) is 48.5 Å². The first-order valence-corrected chi connectivity index (χ1v) is 8.69. The molecule has 0 fully saturated rings. The van der Waals surface area contributed by atoms with E-state index in [1.165, 1.54) is 6.07 Å². The van der Waals surface area contributed by atoms with Gasteiger partial charge in [0.05, 0.1) is 28.8 Å². The van der Waals surface area contributed by atoms with E-state index < -0.39 is 4.92 Å². The Balaban J connectivity index is 1.77. The van der Waals surface area contributed by atoms with Gasteiger partial charge in [0.15, 0.2) is 0 Å². The summed E-state index contributed by atoms with van der Waals surface area (Å²) in [6, 6.07) is 16.2. The topological polar surface area (TPSA) is 96.8 Å². The maximum absolute atomic E-state index is 11.1. The van der Waals surface area contributed by atoms with Crippen molar-refractivity contribution in [2.75, 3.05) is 6.54 Å². The van der Waals surface area contributed by atoms with E-state index in [1.807, 2.05) is 28.9 Å². The molecule has 0 aliphatic carbocycles. The van der Waals surface area contributed by atoms with Crippen molar-refractivity contribution >= 4 is 5.69 Å². The van der Waals surface area contributed by atoms with Gasteiger partial charge in [-0.25, -0.2) is 0 Å². The molecular weight excluding hydrogens is 342 g/mol. The van der Waals surface area contributed by atoms with Crippen molar-refractivity contribution in [1.29, 1.82) is 5.26 Å². The van der Waals surface area contributed by atoms with Gasteiger partial charge in [-0.2, -0.15) is 10.4 Å². The van der Waals surface area contributed by atoms with Gasteiger partial charge in [-0.05, 0) is 17.7 Å². The summed E-state index contributed by atoms with van der Waals surface area (Å²) < 4.78 is 1.96. The number of benzene rings is 2. The Morgan fingerprint density at radius 2 is 2.11 bits per heavy atom. The van der Waals surface area contributed by atoms with Crippen molar-refractivity contribution in [2.45, 2.75) is 19.5 Å². The second kappa shape index (κ2) is 7.02. The van der Waals surface area contributed by atoms with Gasteiger partial charge in [0.2, 0.25) is 0 Å². The number of nitriles is 1. The number of rotatable bonds is 4. The number of aromatic nitrogens is 2. The molecule has 134 valence electrons. The van der Waals surface area contributed by atoms with Crippen LogP contribution in [0.25, 0.3) is 11.3 Å². The molecule has 0 saturated heterocycles. The van der Waals surface area contributed by atoms with E-state index in [1.54, 1.807) is 18.2 Å². The van der Waals surface area contributed by atoms with Crippen molar-refractivity contribution in [1.82, 2.24) is 15.1 Å². The van der Waals surface area contributed by atoms with E-state index in [9.17, 15) is 10.1 Å². The van der Waals surface area contributed by atoms with Gasteiger partial charge in [0, 0.05) is 48.5 Å². The molecule has 3 aromatic rings.